The van der Waals surface area contributed by atoms with Crippen LogP contribution in [-0.2, 0) is 0 Å². The van der Waals surface area contributed by atoms with E-state index < -0.39 is 0 Å². The third-order valence-corrected chi connectivity index (χ3v) is 9.50. The Balaban J connectivity index is 1.17. The summed E-state index contributed by atoms with van der Waals surface area (Å²) < 4.78 is 17.7. The Kier molecular flexibility index (Phi) is 4.49. The summed E-state index contributed by atoms with van der Waals surface area (Å²) in [5.74, 6) is 0. The number of nitrogens with zero attached hydrogens (tertiary/aromatic N) is 4. The van der Waals surface area contributed by atoms with Gasteiger partial charge in [-0.2, -0.15) is 0 Å². The van der Waals surface area contributed by atoms with Crippen LogP contribution in [0, 0.1) is 0 Å². The maximum Gasteiger partial charge on any atom is 0.147 e. The molecule has 0 saturated heterocycles. The summed E-state index contributed by atoms with van der Waals surface area (Å²) >= 11 is 0. The Morgan fingerprint density at radius 2 is 0.957 bits per heavy atom. The van der Waals surface area contributed by atoms with Gasteiger partial charge in [0.05, 0.1) is 27.5 Å². The van der Waals surface area contributed by atoms with Crippen LogP contribution in [0.25, 0.3) is 98.9 Å². The van der Waals surface area contributed by atoms with Gasteiger partial charge in [0.25, 0.3) is 0 Å². The molecule has 0 bridgehead atoms. The van der Waals surface area contributed by atoms with Crippen LogP contribution in [0.3, 0.4) is 0 Å². The Bertz CT molecular complexity index is 2940. The molecule has 6 nitrogen and oxygen atoms in total. The summed E-state index contributed by atoms with van der Waals surface area (Å²) in [5.41, 5.74) is 9.97. The van der Waals surface area contributed by atoms with Gasteiger partial charge in [0, 0.05) is 73.9 Å². The molecule has 46 heavy (non-hydrogen) atoms. The van der Waals surface area contributed by atoms with E-state index in [4.69, 9.17) is 8.83 Å². The average Bonchev–Trinajstić information content (AvgIpc) is 3.85. The fourth-order valence-corrected chi connectivity index (χ4v) is 7.54. The minimum Gasteiger partial charge on any atom is -0.456 e. The molecule has 6 heteroatoms. The zero-order valence-electron chi connectivity index (χ0n) is 24.3. The van der Waals surface area contributed by atoms with E-state index >= 15 is 0 Å². The Labute approximate surface area is 260 Å². The smallest absolute Gasteiger partial charge is 0.147 e. The zero-order valence-corrected chi connectivity index (χ0v) is 24.3. The molecule has 214 valence electrons. The lowest BCUT2D eigenvalue weighted by atomic mass is 10.1. The highest BCUT2D eigenvalue weighted by atomic mass is 16.3. The summed E-state index contributed by atoms with van der Waals surface area (Å²) in [5, 5.41) is 8.76. The van der Waals surface area contributed by atoms with E-state index in [-0.39, 0.29) is 0 Å². The number of furan rings is 2. The molecular weight excluding hydrogens is 568 g/mol. The number of hydrogen-bond acceptors (Lipinski definition) is 4. The third kappa shape index (κ3) is 3.05. The number of fused-ring (bicyclic) bond motifs is 13. The highest BCUT2D eigenvalue weighted by molar-refractivity contribution is 6.22. The summed E-state index contributed by atoms with van der Waals surface area (Å²) in [6.07, 6.45) is 7.61. The first kappa shape index (κ1) is 24.0. The van der Waals surface area contributed by atoms with Gasteiger partial charge in [0.15, 0.2) is 0 Å². The fraction of sp³-hybridized carbons (Fsp3) is 0. The van der Waals surface area contributed by atoms with Crippen molar-refractivity contribution in [3.8, 4) is 11.4 Å². The highest BCUT2D eigenvalue weighted by Crippen LogP contribution is 2.42. The third-order valence-electron chi connectivity index (χ3n) is 9.50. The van der Waals surface area contributed by atoms with Gasteiger partial charge in [-0.05, 0) is 72.8 Å². The quantitative estimate of drug-likeness (QED) is 0.201. The molecule has 0 N–H and O–H groups in total. The number of rotatable bonds is 2. The second-order valence-corrected chi connectivity index (χ2v) is 11.9. The number of aromatic nitrogens is 4. The minimum atomic E-state index is 0.806. The van der Waals surface area contributed by atoms with Gasteiger partial charge in [0.1, 0.15) is 22.3 Å². The van der Waals surface area contributed by atoms with Crippen molar-refractivity contribution in [1.82, 2.24) is 19.1 Å². The molecule has 6 aromatic heterocycles. The second-order valence-electron chi connectivity index (χ2n) is 11.9. The van der Waals surface area contributed by atoms with E-state index in [2.05, 4.69) is 128 Å². The second kappa shape index (κ2) is 8.61. The normalized spacial score (nSPS) is 12.3. The summed E-state index contributed by atoms with van der Waals surface area (Å²) in [6, 6.07) is 38.2. The molecule has 0 aliphatic heterocycles. The molecular formula is C40H22N4O2. The van der Waals surface area contributed by atoms with Crippen molar-refractivity contribution in [1.29, 1.82) is 0 Å². The first-order valence-electron chi connectivity index (χ1n) is 15.3. The Morgan fingerprint density at radius 3 is 1.61 bits per heavy atom. The van der Waals surface area contributed by atoms with Crippen molar-refractivity contribution < 1.29 is 8.83 Å². The van der Waals surface area contributed by atoms with Crippen molar-refractivity contribution in [2.45, 2.75) is 0 Å². The molecule has 0 fully saturated rings. The number of hydrogen-bond donors (Lipinski definition) is 0. The van der Waals surface area contributed by atoms with Crippen LogP contribution in [-0.4, -0.2) is 19.1 Å². The maximum absolute atomic E-state index is 6.66. The Hall–Kier alpha value is -6.40. The van der Waals surface area contributed by atoms with Gasteiger partial charge in [0.2, 0.25) is 0 Å². The predicted molar refractivity (Wildman–Crippen MR) is 185 cm³/mol. The van der Waals surface area contributed by atoms with Gasteiger partial charge in [-0.25, -0.2) is 0 Å². The number of benzene rings is 5. The van der Waals surface area contributed by atoms with Crippen LogP contribution >= 0.6 is 0 Å². The van der Waals surface area contributed by atoms with E-state index in [0.29, 0.717) is 0 Å². The molecule has 0 amide bonds. The van der Waals surface area contributed by atoms with Crippen molar-refractivity contribution in [3.05, 3.63) is 134 Å². The summed E-state index contributed by atoms with van der Waals surface area (Å²) in [7, 11) is 0. The van der Waals surface area contributed by atoms with E-state index in [1.807, 2.05) is 24.8 Å². The lowest BCUT2D eigenvalue weighted by molar-refractivity contribution is 0.662. The molecule has 0 aliphatic rings. The monoisotopic (exact) mass is 590 g/mol. The molecule has 0 unspecified atom stereocenters. The molecule has 11 rings (SSSR count). The lowest BCUT2D eigenvalue weighted by Crippen LogP contribution is -1.93. The molecule has 6 heterocycles. The van der Waals surface area contributed by atoms with E-state index in [9.17, 15) is 0 Å². The van der Waals surface area contributed by atoms with E-state index in [1.54, 1.807) is 0 Å². The maximum atomic E-state index is 6.66. The van der Waals surface area contributed by atoms with Gasteiger partial charge < -0.3 is 18.0 Å². The molecule has 0 radical (unpaired) electrons. The van der Waals surface area contributed by atoms with Crippen LogP contribution in [0.15, 0.2) is 143 Å². The summed E-state index contributed by atoms with van der Waals surface area (Å²) in [4.78, 5) is 8.83. The van der Waals surface area contributed by atoms with Crippen LogP contribution < -0.4 is 0 Å². The van der Waals surface area contributed by atoms with E-state index in [0.717, 1.165) is 88.1 Å². The SMILES string of the molecule is c1ccc2c(c1)c1cnccc1n2-c1ccc2oc3c(ccc4oc5ccc(-n6c7ccccc7c7cnccc76)cc5c43)c2c1. The van der Waals surface area contributed by atoms with Gasteiger partial charge in [-0.3, -0.25) is 9.97 Å². The van der Waals surface area contributed by atoms with Crippen molar-refractivity contribution in [2.75, 3.05) is 0 Å². The first-order valence-corrected chi connectivity index (χ1v) is 15.3. The number of pyridine rings is 2. The van der Waals surface area contributed by atoms with Crippen LogP contribution in [0.5, 0.6) is 0 Å². The van der Waals surface area contributed by atoms with Crippen molar-refractivity contribution in [2.24, 2.45) is 0 Å². The molecule has 11 aromatic rings. The minimum absolute atomic E-state index is 0.806. The largest absolute Gasteiger partial charge is 0.456 e. The van der Waals surface area contributed by atoms with Gasteiger partial charge in [-0.15, -0.1) is 0 Å². The highest BCUT2D eigenvalue weighted by Gasteiger charge is 2.20. The molecule has 0 atom stereocenters. The van der Waals surface area contributed by atoms with Crippen LogP contribution in [0.2, 0.25) is 0 Å². The topological polar surface area (TPSA) is 61.9 Å². The van der Waals surface area contributed by atoms with Crippen LogP contribution in [0.4, 0.5) is 0 Å². The molecule has 0 spiro atoms. The van der Waals surface area contributed by atoms with E-state index in [1.165, 1.54) is 10.8 Å². The van der Waals surface area contributed by atoms with Crippen molar-refractivity contribution in [3.63, 3.8) is 0 Å². The lowest BCUT2D eigenvalue weighted by Gasteiger charge is -2.07. The number of para-hydroxylation sites is 2. The molecule has 0 aliphatic carbocycles. The fourth-order valence-electron chi connectivity index (χ4n) is 7.54. The van der Waals surface area contributed by atoms with Crippen molar-refractivity contribution >= 4 is 87.5 Å². The average molecular weight is 591 g/mol. The zero-order chi connectivity index (χ0) is 29.9. The van der Waals surface area contributed by atoms with Crippen LogP contribution in [0.1, 0.15) is 0 Å². The Morgan fingerprint density at radius 1 is 0.413 bits per heavy atom. The molecule has 0 saturated carbocycles. The van der Waals surface area contributed by atoms with Gasteiger partial charge >= 0.3 is 0 Å². The first-order chi connectivity index (χ1) is 22.8. The standard InChI is InChI=1S/C40H22N4O2/c1-3-7-32-25(5-1)30-21-41-17-15-34(30)43(32)23-9-12-36-28(19-23)27-11-14-38-39(40(27)46-36)29-20-24(10-13-37(29)45-38)44-33-8-4-2-6-26(33)31-22-42-18-16-35(31)44/h1-22H. The van der Waals surface area contributed by atoms with Gasteiger partial charge in [-0.1, -0.05) is 36.4 Å². The molecule has 5 aromatic carbocycles. The predicted octanol–water partition coefficient (Wildman–Crippen LogP) is 10.5. The summed E-state index contributed by atoms with van der Waals surface area (Å²) in [6.45, 7) is 0.